The van der Waals surface area contributed by atoms with Crippen LogP contribution in [0.3, 0.4) is 0 Å². The number of fused-ring (bicyclic) bond motifs is 1. The van der Waals surface area contributed by atoms with E-state index in [1.54, 1.807) is 6.92 Å². The quantitative estimate of drug-likeness (QED) is 0.735. The molecule has 0 amide bonds. The standard InChI is InChI=1S/C22H29N5O/c1-16(2)19-5-7-20(8-6-19)27-14-18(12-23-27)13-25-9-4-10-26-21(15-25)11-22(24-26)17(3)28/h5-8,11-12,14,16-17,28H,4,9-10,13,15H2,1-3H3/t17-/m0/s1. The monoisotopic (exact) mass is 379 g/mol. The van der Waals surface area contributed by atoms with Gasteiger partial charge in [0, 0.05) is 37.9 Å². The van der Waals surface area contributed by atoms with Crippen molar-refractivity contribution in [3.05, 3.63) is 65.2 Å². The molecule has 1 aliphatic rings. The molecule has 2 aromatic heterocycles. The largest absolute Gasteiger partial charge is 0.387 e. The number of nitrogens with zero attached hydrogens (tertiary/aromatic N) is 5. The summed E-state index contributed by atoms with van der Waals surface area (Å²) in [6.07, 6.45) is 4.61. The van der Waals surface area contributed by atoms with E-state index in [0.717, 1.165) is 44.0 Å². The van der Waals surface area contributed by atoms with Crippen molar-refractivity contribution in [1.29, 1.82) is 0 Å². The lowest BCUT2D eigenvalue weighted by atomic mass is 10.0. The van der Waals surface area contributed by atoms with Crippen LogP contribution < -0.4 is 0 Å². The third kappa shape index (κ3) is 4.03. The van der Waals surface area contributed by atoms with Crippen LogP contribution in [0.4, 0.5) is 0 Å². The first-order valence-corrected chi connectivity index (χ1v) is 10.1. The van der Waals surface area contributed by atoms with Gasteiger partial charge in [0.2, 0.25) is 0 Å². The van der Waals surface area contributed by atoms with Gasteiger partial charge in [0.15, 0.2) is 0 Å². The van der Waals surface area contributed by atoms with E-state index in [1.807, 2.05) is 21.6 Å². The Morgan fingerprint density at radius 2 is 1.89 bits per heavy atom. The minimum Gasteiger partial charge on any atom is -0.387 e. The molecule has 4 rings (SSSR count). The van der Waals surface area contributed by atoms with Gasteiger partial charge in [-0.25, -0.2) is 4.68 Å². The highest BCUT2D eigenvalue weighted by atomic mass is 16.3. The van der Waals surface area contributed by atoms with Gasteiger partial charge in [-0.05, 0) is 43.0 Å². The predicted octanol–water partition coefficient (Wildman–Crippen LogP) is 3.65. The van der Waals surface area contributed by atoms with Crippen LogP contribution in [0.1, 0.15) is 61.7 Å². The molecule has 148 valence electrons. The predicted molar refractivity (Wildman–Crippen MR) is 109 cm³/mol. The van der Waals surface area contributed by atoms with Crippen molar-refractivity contribution in [2.24, 2.45) is 0 Å². The average molecular weight is 380 g/mol. The van der Waals surface area contributed by atoms with E-state index in [9.17, 15) is 5.11 Å². The number of aromatic nitrogens is 4. The molecule has 1 N–H and O–H groups in total. The van der Waals surface area contributed by atoms with Gasteiger partial charge in [-0.2, -0.15) is 10.2 Å². The highest BCUT2D eigenvalue weighted by molar-refractivity contribution is 5.35. The van der Waals surface area contributed by atoms with Crippen LogP contribution in [-0.2, 0) is 19.6 Å². The van der Waals surface area contributed by atoms with Crippen molar-refractivity contribution < 1.29 is 5.11 Å². The lowest BCUT2D eigenvalue weighted by Crippen LogP contribution is -2.22. The van der Waals surface area contributed by atoms with Gasteiger partial charge in [0.25, 0.3) is 0 Å². The molecule has 3 heterocycles. The molecular weight excluding hydrogens is 350 g/mol. The molecule has 1 atom stereocenters. The van der Waals surface area contributed by atoms with E-state index in [2.05, 4.69) is 59.4 Å². The summed E-state index contributed by atoms with van der Waals surface area (Å²) in [6, 6.07) is 10.7. The van der Waals surface area contributed by atoms with Gasteiger partial charge in [-0.15, -0.1) is 0 Å². The molecule has 1 aromatic carbocycles. The summed E-state index contributed by atoms with van der Waals surface area (Å²) in [5, 5.41) is 18.9. The lowest BCUT2D eigenvalue weighted by molar-refractivity contribution is 0.193. The van der Waals surface area contributed by atoms with Crippen molar-refractivity contribution in [2.75, 3.05) is 6.54 Å². The third-order valence-electron chi connectivity index (χ3n) is 5.41. The minimum absolute atomic E-state index is 0.520. The molecule has 0 aliphatic carbocycles. The van der Waals surface area contributed by atoms with Crippen LogP contribution >= 0.6 is 0 Å². The fraction of sp³-hybridized carbons (Fsp3) is 0.455. The van der Waals surface area contributed by atoms with Crippen LogP contribution in [0.2, 0.25) is 0 Å². The molecule has 0 saturated carbocycles. The SMILES string of the molecule is CC(C)c1ccc(-n2cc(CN3CCCn4nc([C@H](C)O)cc4C3)cn2)cc1. The van der Waals surface area contributed by atoms with Crippen LogP contribution in [-0.4, -0.2) is 36.1 Å². The van der Waals surface area contributed by atoms with Crippen LogP contribution in [0, 0.1) is 0 Å². The van der Waals surface area contributed by atoms with Crippen molar-refractivity contribution in [1.82, 2.24) is 24.5 Å². The number of rotatable bonds is 5. The minimum atomic E-state index is -0.520. The molecule has 0 unspecified atom stereocenters. The third-order valence-corrected chi connectivity index (χ3v) is 5.41. The summed E-state index contributed by atoms with van der Waals surface area (Å²) in [4.78, 5) is 2.43. The van der Waals surface area contributed by atoms with Gasteiger partial charge in [0.1, 0.15) is 0 Å². The van der Waals surface area contributed by atoms with Gasteiger partial charge >= 0.3 is 0 Å². The summed E-state index contributed by atoms with van der Waals surface area (Å²) in [6.45, 7) is 9.81. The fourth-order valence-electron chi connectivity index (χ4n) is 3.74. The summed E-state index contributed by atoms with van der Waals surface area (Å²) in [7, 11) is 0. The second kappa shape index (κ2) is 7.89. The Labute approximate surface area is 166 Å². The average Bonchev–Trinajstić information content (AvgIpc) is 3.25. The van der Waals surface area contributed by atoms with Crippen LogP contribution in [0.15, 0.2) is 42.7 Å². The maximum absolute atomic E-state index is 9.80. The summed E-state index contributed by atoms with van der Waals surface area (Å²) in [5.41, 5.74) is 5.57. The van der Waals surface area contributed by atoms with Gasteiger partial charge in [-0.3, -0.25) is 9.58 Å². The summed E-state index contributed by atoms with van der Waals surface area (Å²) >= 11 is 0. The first-order valence-electron chi connectivity index (χ1n) is 10.1. The smallest absolute Gasteiger partial charge is 0.0950 e. The van der Waals surface area contributed by atoms with Crippen molar-refractivity contribution in [2.45, 2.75) is 58.8 Å². The van der Waals surface area contributed by atoms with Crippen LogP contribution in [0.25, 0.3) is 5.69 Å². The van der Waals surface area contributed by atoms with Crippen molar-refractivity contribution in [3.63, 3.8) is 0 Å². The maximum atomic E-state index is 9.80. The molecule has 6 nitrogen and oxygen atoms in total. The Morgan fingerprint density at radius 1 is 1.11 bits per heavy atom. The molecule has 0 fully saturated rings. The molecule has 3 aromatic rings. The van der Waals surface area contributed by atoms with E-state index >= 15 is 0 Å². The van der Waals surface area contributed by atoms with E-state index in [-0.39, 0.29) is 0 Å². The number of hydrogen-bond donors (Lipinski definition) is 1. The fourth-order valence-corrected chi connectivity index (χ4v) is 3.74. The number of benzene rings is 1. The Bertz CT molecular complexity index is 923. The zero-order valence-electron chi connectivity index (χ0n) is 16.9. The molecule has 0 bridgehead atoms. The van der Waals surface area contributed by atoms with E-state index in [4.69, 9.17) is 0 Å². The number of aliphatic hydroxyl groups is 1. The molecule has 1 aliphatic heterocycles. The normalized spacial score (nSPS) is 16.2. The first-order chi connectivity index (χ1) is 13.5. The van der Waals surface area contributed by atoms with Gasteiger partial charge < -0.3 is 5.11 Å². The Hall–Kier alpha value is -2.44. The summed E-state index contributed by atoms with van der Waals surface area (Å²) in [5.74, 6) is 0.535. The summed E-state index contributed by atoms with van der Waals surface area (Å²) < 4.78 is 3.99. The number of aliphatic hydroxyl groups excluding tert-OH is 1. The van der Waals surface area contributed by atoms with E-state index in [1.165, 1.54) is 16.8 Å². The zero-order valence-corrected chi connectivity index (χ0v) is 16.9. The van der Waals surface area contributed by atoms with E-state index in [0.29, 0.717) is 5.92 Å². The molecular formula is C22H29N5O. The molecule has 0 spiro atoms. The van der Waals surface area contributed by atoms with Crippen LogP contribution in [0.5, 0.6) is 0 Å². The van der Waals surface area contributed by atoms with Gasteiger partial charge in [0.05, 0.1) is 29.4 Å². The molecule has 6 heteroatoms. The maximum Gasteiger partial charge on any atom is 0.0950 e. The zero-order chi connectivity index (χ0) is 19.7. The van der Waals surface area contributed by atoms with E-state index < -0.39 is 6.10 Å². The molecule has 0 radical (unpaired) electrons. The Morgan fingerprint density at radius 3 is 2.61 bits per heavy atom. The number of aryl methyl sites for hydroxylation is 1. The second-order valence-corrected chi connectivity index (χ2v) is 8.06. The lowest BCUT2D eigenvalue weighted by Gasteiger charge is -2.18. The highest BCUT2D eigenvalue weighted by Crippen LogP contribution is 2.20. The Balaban J connectivity index is 1.46. The van der Waals surface area contributed by atoms with Gasteiger partial charge in [-0.1, -0.05) is 26.0 Å². The Kier molecular flexibility index (Phi) is 5.33. The van der Waals surface area contributed by atoms with Crippen molar-refractivity contribution in [3.8, 4) is 5.69 Å². The highest BCUT2D eigenvalue weighted by Gasteiger charge is 2.18. The second-order valence-electron chi connectivity index (χ2n) is 8.06. The number of hydrogen-bond acceptors (Lipinski definition) is 4. The molecule has 0 saturated heterocycles. The topological polar surface area (TPSA) is 59.1 Å². The van der Waals surface area contributed by atoms with Crippen molar-refractivity contribution >= 4 is 0 Å². The molecule has 28 heavy (non-hydrogen) atoms. The first kappa shape index (κ1) is 18.9.